The van der Waals surface area contributed by atoms with Crippen LogP contribution in [-0.2, 0) is 16.9 Å². The number of fused-ring (bicyclic) bond motifs is 1. The van der Waals surface area contributed by atoms with Crippen molar-refractivity contribution in [3.63, 3.8) is 0 Å². The summed E-state index contributed by atoms with van der Waals surface area (Å²) in [5, 5.41) is 13.5. The maximum atomic E-state index is 13.2. The summed E-state index contributed by atoms with van der Waals surface area (Å²) in [7, 11) is -1.14. The molecule has 9 heteroatoms. The van der Waals surface area contributed by atoms with E-state index < -0.39 is 20.3 Å². The molecule has 2 aromatic rings. The second-order valence-corrected chi connectivity index (χ2v) is 15.3. The van der Waals surface area contributed by atoms with E-state index in [1.165, 1.54) is 0 Å². The van der Waals surface area contributed by atoms with Crippen molar-refractivity contribution in [2.45, 2.75) is 51.4 Å². The summed E-state index contributed by atoms with van der Waals surface area (Å²) in [6.45, 7) is 10.2. The van der Waals surface area contributed by atoms with Gasteiger partial charge in [0, 0.05) is 10.0 Å². The maximum Gasteiger partial charge on any atom is 0.322 e. The third-order valence-electron chi connectivity index (χ3n) is 6.48. The van der Waals surface area contributed by atoms with Gasteiger partial charge < -0.3 is 15.5 Å². The lowest BCUT2D eigenvalue weighted by Crippen LogP contribution is -2.43. The number of urea groups is 1. The molecule has 3 rings (SSSR count). The number of nitrogens with zero attached hydrogens (tertiary/aromatic N) is 2. The van der Waals surface area contributed by atoms with Crippen LogP contribution in [-0.4, -0.2) is 50.5 Å². The molecule has 2 heterocycles. The van der Waals surface area contributed by atoms with Crippen molar-refractivity contribution in [2.24, 2.45) is 0 Å². The minimum Gasteiger partial charge on any atom is -0.309 e. The molecule has 170 valence electrons. The Morgan fingerprint density at radius 3 is 2.45 bits per heavy atom. The van der Waals surface area contributed by atoms with Crippen LogP contribution in [0.3, 0.4) is 0 Å². The van der Waals surface area contributed by atoms with Crippen molar-refractivity contribution in [1.82, 2.24) is 15.1 Å². The van der Waals surface area contributed by atoms with Gasteiger partial charge in [-0.1, -0.05) is 12.1 Å². The minimum atomic E-state index is -1.14. The number of carbonyl (C=O) groups excluding carboxylic acids is 2. The average molecular weight is 511 g/mol. The predicted octanol–water partition coefficient (Wildman–Crippen LogP) is 5.17. The molecule has 0 aliphatic carbocycles. The van der Waals surface area contributed by atoms with Gasteiger partial charge in [0.2, 0.25) is 5.91 Å². The van der Waals surface area contributed by atoms with Crippen LogP contribution < -0.4 is 10.6 Å². The first kappa shape index (κ1) is 23.7. The molecule has 0 bridgehead atoms. The number of aromatic amines is 1. The molecule has 0 radical (unpaired) electrons. The number of amides is 3. The Kier molecular flexibility index (Phi) is 5.99. The largest absolute Gasteiger partial charge is 0.322 e. The number of aromatic nitrogens is 2. The van der Waals surface area contributed by atoms with Crippen molar-refractivity contribution < 1.29 is 9.59 Å². The van der Waals surface area contributed by atoms with Gasteiger partial charge in [-0.15, -0.1) is 0 Å². The van der Waals surface area contributed by atoms with Crippen LogP contribution >= 0.6 is 26.0 Å². The van der Waals surface area contributed by atoms with Crippen LogP contribution in [0.4, 0.5) is 16.3 Å². The number of halogens is 1. The summed E-state index contributed by atoms with van der Waals surface area (Å²) >= 11 is 3.51. The zero-order chi connectivity index (χ0) is 23.4. The van der Waals surface area contributed by atoms with Crippen LogP contribution in [0.15, 0.2) is 22.7 Å². The molecule has 0 fully saturated rings. The Balaban J connectivity index is 1.84. The van der Waals surface area contributed by atoms with Crippen LogP contribution in [0.25, 0.3) is 0 Å². The van der Waals surface area contributed by atoms with Gasteiger partial charge in [0.25, 0.3) is 0 Å². The quantitative estimate of drug-likeness (QED) is 0.530. The highest BCUT2D eigenvalue weighted by Gasteiger charge is 2.45. The Labute approximate surface area is 194 Å². The van der Waals surface area contributed by atoms with E-state index in [1.807, 2.05) is 52.8 Å². The highest BCUT2D eigenvalue weighted by molar-refractivity contribution is 9.10. The fraction of sp³-hybridized carbons (Fsp3) is 0.500. The van der Waals surface area contributed by atoms with Crippen molar-refractivity contribution in [3.8, 4) is 0 Å². The molecule has 0 saturated heterocycles. The Bertz CT molecular complexity index is 1020. The Morgan fingerprint density at radius 1 is 1.23 bits per heavy atom. The zero-order valence-electron chi connectivity index (χ0n) is 19.4. The van der Waals surface area contributed by atoms with Gasteiger partial charge >= 0.3 is 6.03 Å². The van der Waals surface area contributed by atoms with E-state index >= 15 is 0 Å². The van der Waals surface area contributed by atoms with E-state index in [-0.39, 0.29) is 11.9 Å². The smallest absolute Gasteiger partial charge is 0.309 e. The summed E-state index contributed by atoms with van der Waals surface area (Å²) in [6, 6.07) is 5.58. The predicted molar refractivity (Wildman–Crippen MR) is 133 cm³/mol. The third-order valence-corrected chi connectivity index (χ3v) is 10.4. The lowest BCUT2D eigenvalue weighted by Gasteiger charge is -2.41. The molecular weight excluding hydrogens is 478 g/mol. The lowest BCUT2D eigenvalue weighted by atomic mass is 10.0. The molecule has 1 aliphatic heterocycles. The van der Waals surface area contributed by atoms with Crippen LogP contribution in [0, 0.1) is 6.92 Å². The first-order valence-corrected chi connectivity index (χ1v) is 13.7. The van der Waals surface area contributed by atoms with Gasteiger partial charge in [0.1, 0.15) is 0 Å². The normalized spacial score (nSPS) is 16.1. The molecule has 1 aliphatic rings. The number of benzene rings is 1. The topological polar surface area (TPSA) is 90.1 Å². The van der Waals surface area contributed by atoms with Crippen LogP contribution in [0.5, 0.6) is 0 Å². The molecule has 0 unspecified atom stereocenters. The number of hydrogen-bond acceptors (Lipinski definition) is 3. The molecule has 31 heavy (non-hydrogen) atoms. The highest BCUT2D eigenvalue weighted by Crippen LogP contribution is 2.50. The number of H-pyrrole nitrogens is 1. The number of hydrogen-bond donors (Lipinski definition) is 3. The first-order valence-electron chi connectivity index (χ1n) is 10.1. The molecule has 7 nitrogen and oxygen atoms in total. The van der Waals surface area contributed by atoms with Gasteiger partial charge in [-0.3, -0.25) is 9.89 Å². The third kappa shape index (κ3) is 4.09. The number of carbonyl (C=O) groups is 2. The number of para-hydroxylation sites is 1. The van der Waals surface area contributed by atoms with E-state index in [9.17, 15) is 9.59 Å². The fourth-order valence-electron chi connectivity index (χ4n) is 3.45. The van der Waals surface area contributed by atoms with Crippen molar-refractivity contribution in [1.29, 1.82) is 0 Å². The zero-order valence-corrected chi connectivity index (χ0v) is 21.8. The van der Waals surface area contributed by atoms with Crippen molar-refractivity contribution in [3.05, 3.63) is 39.5 Å². The fourth-order valence-corrected chi connectivity index (χ4v) is 4.62. The van der Waals surface area contributed by atoms with E-state index in [1.54, 1.807) is 4.90 Å². The first-order chi connectivity index (χ1) is 14.2. The Morgan fingerprint density at radius 2 is 1.87 bits per heavy atom. The van der Waals surface area contributed by atoms with Gasteiger partial charge in [-0.2, -0.15) is 5.10 Å². The number of aryl methyl sites for hydroxylation is 1. The number of rotatable bonds is 4. The standard InChI is InChI=1S/C22H32BrN5O2S/c1-13-10-9-11-15(23)16(13)24-20(30)28-12-14-17(21(28,2)3)26-27-18(14)25-19(29)22(4,5)31(6,7)8/h9-11H,12H2,1-8H3,(H,24,30)(H2,25,26,27,29). The average Bonchev–Trinajstić information content (AvgIpc) is 3.15. The van der Waals surface area contributed by atoms with Gasteiger partial charge in [-0.05, 0) is 80.9 Å². The van der Waals surface area contributed by atoms with Crippen LogP contribution in [0.2, 0.25) is 0 Å². The Hall–Kier alpha value is -2.00. The van der Waals surface area contributed by atoms with E-state index in [4.69, 9.17) is 0 Å². The molecule has 3 N–H and O–H groups in total. The van der Waals surface area contributed by atoms with Crippen LogP contribution in [0.1, 0.15) is 44.5 Å². The molecule has 0 saturated carbocycles. The SMILES string of the molecule is Cc1cccc(Br)c1NC(=O)N1Cc2c(NC(=O)C(C)(C)S(C)(C)C)n[nH]c2C1(C)C. The summed E-state index contributed by atoms with van der Waals surface area (Å²) in [5.41, 5.74) is 2.80. The van der Waals surface area contributed by atoms with E-state index in [2.05, 4.69) is 55.5 Å². The van der Waals surface area contributed by atoms with E-state index in [0.717, 1.165) is 27.0 Å². The maximum absolute atomic E-state index is 13.2. The second-order valence-electron chi connectivity index (χ2n) is 9.73. The minimum absolute atomic E-state index is 0.0613. The summed E-state index contributed by atoms with van der Waals surface area (Å²) in [4.78, 5) is 28.0. The monoisotopic (exact) mass is 509 g/mol. The summed E-state index contributed by atoms with van der Waals surface area (Å²) in [5.74, 6) is 0.436. The molecule has 1 aromatic heterocycles. The molecule has 3 amide bonds. The van der Waals surface area contributed by atoms with Crippen molar-refractivity contribution >= 4 is 49.4 Å². The summed E-state index contributed by atoms with van der Waals surface area (Å²) in [6.07, 6.45) is 6.38. The van der Waals surface area contributed by atoms with E-state index in [0.29, 0.717) is 12.4 Å². The van der Waals surface area contributed by atoms with Gasteiger partial charge in [0.15, 0.2) is 5.82 Å². The molecule has 0 spiro atoms. The lowest BCUT2D eigenvalue weighted by molar-refractivity contribution is -0.117. The summed E-state index contributed by atoms with van der Waals surface area (Å²) < 4.78 is 0.319. The highest BCUT2D eigenvalue weighted by atomic mass is 79.9. The number of anilines is 2. The molecule has 1 aromatic carbocycles. The van der Waals surface area contributed by atoms with Crippen molar-refractivity contribution in [2.75, 3.05) is 29.4 Å². The second kappa shape index (κ2) is 7.85. The molecule has 0 atom stereocenters. The van der Waals surface area contributed by atoms with Gasteiger partial charge in [-0.25, -0.2) is 14.8 Å². The van der Waals surface area contributed by atoms with Gasteiger partial charge in [0.05, 0.1) is 28.2 Å². The molecular formula is C22H32BrN5O2S. The number of nitrogens with one attached hydrogen (secondary N) is 3.